The number of rotatable bonds is 6. The zero-order chi connectivity index (χ0) is 30.1. The van der Waals surface area contributed by atoms with Gasteiger partial charge in [-0.15, -0.1) is 0 Å². The Balaban J connectivity index is 0. The second-order valence-corrected chi connectivity index (χ2v) is 8.26. The summed E-state index contributed by atoms with van der Waals surface area (Å²) in [5.41, 5.74) is 2.01. The maximum absolute atomic E-state index is 13.2. The molecule has 0 aliphatic rings. The quantitative estimate of drug-likeness (QED) is 0.182. The minimum atomic E-state index is -1.48. The number of carbonyl (C=O) groups excluding carboxylic acids is 2. The Labute approximate surface area is 254 Å². The van der Waals surface area contributed by atoms with Crippen LogP contribution in [0.4, 0.5) is 8.78 Å². The maximum atomic E-state index is 13.2. The Morgan fingerprint density at radius 3 is 1.76 bits per heavy atom. The third kappa shape index (κ3) is 14.2. The molecule has 0 amide bonds. The lowest BCUT2D eigenvalue weighted by Gasteiger charge is -2.06. The van der Waals surface area contributed by atoms with E-state index in [-0.39, 0.29) is 51.0 Å². The minimum absolute atomic E-state index is 0. The van der Waals surface area contributed by atoms with Crippen LogP contribution in [0.15, 0.2) is 86.5 Å². The standard InChI is InChI=1S/C13H11FO3.C9H8BrFO2.C4H5BO3.C2H6.2CH4/c1-16-13(15)8-9-7-10(14)4-5-11(9)12-3-2-6-17-12;1-13-9(12)5-6-4-7(11)2-3-8(6)10;6-5(7)4-2-1-3-8-4;1-2;;/h2-7H,8H2,1H3;2-4H,5H2,1H3;1-3,6-7H;1-2H3;2*1H4. The molecule has 0 spiro atoms. The molecule has 0 aliphatic heterocycles. The van der Waals surface area contributed by atoms with Crippen LogP contribution < -0.4 is 5.66 Å². The third-order valence-electron chi connectivity index (χ3n) is 4.78. The van der Waals surface area contributed by atoms with Crippen LogP contribution in [0.5, 0.6) is 0 Å². The lowest BCUT2D eigenvalue weighted by atomic mass is 9.88. The Hall–Kier alpha value is -3.74. The van der Waals surface area contributed by atoms with Gasteiger partial charge in [0.15, 0.2) is 0 Å². The van der Waals surface area contributed by atoms with E-state index in [4.69, 9.17) is 14.5 Å². The van der Waals surface area contributed by atoms with Crippen molar-refractivity contribution < 1.29 is 46.7 Å². The first-order valence-electron chi connectivity index (χ1n) is 11.9. The zero-order valence-electron chi connectivity index (χ0n) is 22.4. The highest BCUT2D eigenvalue weighted by atomic mass is 79.9. The summed E-state index contributed by atoms with van der Waals surface area (Å²) in [5.74, 6) is -0.945. The molecule has 42 heavy (non-hydrogen) atoms. The first-order chi connectivity index (χ1) is 19.1. The van der Waals surface area contributed by atoms with Crippen LogP contribution in [0.25, 0.3) is 11.3 Å². The molecule has 230 valence electrons. The number of furan rings is 2. The smallest absolute Gasteiger partial charge is 0.473 e. The van der Waals surface area contributed by atoms with Crippen LogP contribution >= 0.6 is 15.9 Å². The normalized spacial score (nSPS) is 9.07. The van der Waals surface area contributed by atoms with Gasteiger partial charge < -0.3 is 28.4 Å². The van der Waals surface area contributed by atoms with E-state index in [1.54, 1.807) is 30.3 Å². The Morgan fingerprint density at radius 1 is 0.810 bits per heavy atom. The summed E-state index contributed by atoms with van der Waals surface area (Å²) in [6.07, 6.45) is 3.01. The number of methoxy groups -OCH3 is 2. The summed E-state index contributed by atoms with van der Waals surface area (Å²) >= 11 is 3.21. The molecule has 4 rings (SSSR count). The molecule has 2 N–H and O–H groups in total. The van der Waals surface area contributed by atoms with E-state index in [1.807, 2.05) is 13.8 Å². The monoisotopic (exact) mass is 654 g/mol. The molecule has 8 nitrogen and oxygen atoms in total. The van der Waals surface area contributed by atoms with Gasteiger partial charge in [-0.2, -0.15) is 0 Å². The van der Waals surface area contributed by atoms with Gasteiger partial charge in [0.2, 0.25) is 0 Å². The van der Waals surface area contributed by atoms with E-state index >= 15 is 0 Å². The number of esters is 2. The van der Waals surface area contributed by atoms with E-state index in [1.165, 1.54) is 57.1 Å². The van der Waals surface area contributed by atoms with Crippen molar-refractivity contribution >= 4 is 40.6 Å². The molecular formula is C30H38BBrF2O8. The second-order valence-electron chi connectivity index (χ2n) is 7.41. The number of carbonyl (C=O) groups is 2. The van der Waals surface area contributed by atoms with Crippen molar-refractivity contribution in [1.29, 1.82) is 0 Å². The molecule has 0 atom stereocenters. The summed E-state index contributed by atoms with van der Waals surface area (Å²) in [6.45, 7) is 4.00. The first-order valence-corrected chi connectivity index (χ1v) is 12.7. The van der Waals surface area contributed by atoms with Crippen LogP contribution in [-0.2, 0) is 31.9 Å². The molecular weight excluding hydrogens is 617 g/mol. The SMILES string of the molecule is C.C.CC.COC(=O)Cc1cc(F)ccc1-c1ccco1.COC(=O)Cc1cc(F)ccc1Br.OB(O)c1ccco1. The van der Waals surface area contributed by atoms with Crippen LogP contribution in [0.3, 0.4) is 0 Å². The van der Waals surface area contributed by atoms with Gasteiger partial charge in [0.25, 0.3) is 0 Å². The van der Waals surface area contributed by atoms with Gasteiger partial charge in [-0.1, -0.05) is 44.6 Å². The fourth-order valence-corrected chi connectivity index (χ4v) is 3.34. The number of hydrogen-bond acceptors (Lipinski definition) is 8. The van der Waals surface area contributed by atoms with Crippen molar-refractivity contribution in [3.05, 3.63) is 100 Å². The molecule has 2 heterocycles. The largest absolute Gasteiger partial charge is 0.526 e. The van der Waals surface area contributed by atoms with Crippen molar-refractivity contribution in [2.24, 2.45) is 0 Å². The predicted octanol–water partition coefficient (Wildman–Crippen LogP) is 6.36. The number of benzene rings is 2. The van der Waals surface area contributed by atoms with Crippen LogP contribution in [0.1, 0.15) is 39.8 Å². The van der Waals surface area contributed by atoms with E-state index < -0.39 is 13.1 Å². The van der Waals surface area contributed by atoms with Gasteiger partial charge in [0.05, 0.1) is 39.6 Å². The number of hydrogen-bond donors (Lipinski definition) is 2. The number of halogens is 3. The van der Waals surface area contributed by atoms with Crippen molar-refractivity contribution in [3.8, 4) is 11.3 Å². The molecule has 0 saturated heterocycles. The Bertz CT molecular complexity index is 1300. The maximum Gasteiger partial charge on any atom is 0.526 e. The van der Waals surface area contributed by atoms with Gasteiger partial charge in [0, 0.05) is 10.0 Å². The van der Waals surface area contributed by atoms with Crippen molar-refractivity contribution in [2.75, 3.05) is 14.2 Å². The predicted molar refractivity (Wildman–Crippen MR) is 163 cm³/mol. The lowest BCUT2D eigenvalue weighted by Crippen LogP contribution is -2.27. The third-order valence-corrected chi connectivity index (χ3v) is 5.56. The highest BCUT2D eigenvalue weighted by Gasteiger charge is 2.13. The van der Waals surface area contributed by atoms with E-state index in [9.17, 15) is 18.4 Å². The fourth-order valence-electron chi connectivity index (χ4n) is 2.95. The molecule has 0 unspecified atom stereocenters. The van der Waals surface area contributed by atoms with Gasteiger partial charge in [0.1, 0.15) is 23.1 Å². The number of ether oxygens (including phenoxy) is 2. The van der Waals surface area contributed by atoms with Crippen LogP contribution in [0, 0.1) is 11.6 Å². The minimum Gasteiger partial charge on any atom is -0.473 e. The van der Waals surface area contributed by atoms with Crippen molar-refractivity contribution in [3.63, 3.8) is 0 Å². The Morgan fingerprint density at radius 2 is 1.31 bits per heavy atom. The molecule has 0 fully saturated rings. The van der Waals surface area contributed by atoms with Crippen molar-refractivity contribution in [2.45, 2.75) is 41.5 Å². The van der Waals surface area contributed by atoms with Crippen molar-refractivity contribution in [1.82, 2.24) is 0 Å². The molecule has 0 saturated carbocycles. The Kier molecular flexibility index (Phi) is 21.1. The summed E-state index contributed by atoms with van der Waals surface area (Å²) in [6, 6.07) is 15.0. The zero-order valence-corrected chi connectivity index (χ0v) is 24.0. The molecule has 0 radical (unpaired) electrons. The summed E-state index contributed by atoms with van der Waals surface area (Å²) in [4.78, 5) is 22.1. The summed E-state index contributed by atoms with van der Waals surface area (Å²) in [7, 11) is 1.12. The molecule has 2 aromatic heterocycles. The highest BCUT2D eigenvalue weighted by molar-refractivity contribution is 9.10. The van der Waals surface area contributed by atoms with Crippen LogP contribution in [0.2, 0.25) is 0 Å². The highest BCUT2D eigenvalue weighted by Crippen LogP contribution is 2.25. The molecule has 2 aromatic carbocycles. The summed E-state index contributed by atoms with van der Waals surface area (Å²) < 4.78 is 45.5. The first kappa shape index (κ1) is 40.4. The van der Waals surface area contributed by atoms with E-state index in [2.05, 4.69) is 29.8 Å². The lowest BCUT2D eigenvalue weighted by molar-refractivity contribution is -0.140. The van der Waals surface area contributed by atoms with Gasteiger partial charge in [-0.05, 0) is 71.8 Å². The van der Waals surface area contributed by atoms with Gasteiger partial charge in [-0.25, -0.2) is 8.78 Å². The molecule has 4 aromatic rings. The average molecular weight is 655 g/mol. The summed E-state index contributed by atoms with van der Waals surface area (Å²) in [5, 5.41) is 16.7. The van der Waals surface area contributed by atoms with E-state index in [0.29, 0.717) is 26.9 Å². The second kappa shape index (κ2) is 21.9. The molecule has 12 heteroatoms. The molecule has 0 bridgehead atoms. The van der Waals surface area contributed by atoms with Gasteiger partial charge >= 0.3 is 19.1 Å². The average Bonchev–Trinajstić information content (AvgIpc) is 3.68. The molecule has 0 aliphatic carbocycles. The van der Waals surface area contributed by atoms with Gasteiger partial charge in [-0.3, -0.25) is 9.59 Å². The van der Waals surface area contributed by atoms with E-state index in [0.717, 1.165) is 0 Å². The topological polar surface area (TPSA) is 119 Å². The fraction of sp³-hybridized carbons (Fsp3) is 0.267. The van der Waals surface area contributed by atoms with Crippen LogP contribution in [-0.4, -0.2) is 43.3 Å².